The zero-order valence-electron chi connectivity index (χ0n) is 17.8. The van der Waals surface area contributed by atoms with Crippen molar-refractivity contribution >= 4 is 11.8 Å². The highest BCUT2D eigenvalue weighted by Gasteiger charge is 2.44. The quantitative estimate of drug-likeness (QED) is 0.807. The molecule has 2 amide bonds. The third kappa shape index (κ3) is 4.40. The predicted molar refractivity (Wildman–Crippen MR) is 107 cm³/mol. The molecule has 1 aliphatic carbocycles. The maximum absolute atomic E-state index is 13.2. The second kappa shape index (κ2) is 8.64. The van der Waals surface area contributed by atoms with E-state index in [1.54, 1.807) is 14.0 Å². The fraction of sp³-hybridized carbons (Fsp3) is 0.762. The fourth-order valence-corrected chi connectivity index (χ4v) is 4.82. The molecule has 1 aliphatic heterocycles. The summed E-state index contributed by atoms with van der Waals surface area (Å²) >= 11 is 0. The van der Waals surface area contributed by atoms with E-state index < -0.39 is 0 Å². The summed E-state index contributed by atoms with van der Waals surface area (Å²) in [6.07, 6.45) is 2.63. The van der Waals surface area contributed by atoms with E-state index in [4.69, 9.17) is 4.74 Å². The number of nitrogens with zero attached hydrogens (tertiary/aromatic N) is 3. The Morgan fingerprint density at radius 1 is 1.29 bits per heavy atom. The zero-order valence-corrected chi connectivity index (χ0v) is 17.8. The van der Waals surface area contributed by atoms with E-state index in [1.807, 2.05) is 22.6 Å². The summed E-state index contributed by atoms with van der Waals surface area (Å²) in [7, 11) is 1.70. The molecule has 2 aliphatic rings. The Bertz CT molecular complexity index is 715. The van der Waals surface area contributed by atoms with Gasteiger partial charge in [0.05, 0.1) is 17.8 Å². The maximum Gasteiger partial charge on any atom is 0.272 e. The van der Waals surface area contributed by atoms with Crippen molar-refractivity contribution in [2.24, 2.45) is 17.8 Å². The van der Waals surface area contributed by atoms with Crippen LogP contribution in [-0.4, -0.2) is 58.8 Å². The van der Waals surface area contributed by atoms with Gasteiger partial charge in [-0.25, -0.2) is 0 Å². The Kier molecular flexibility index (Phi) is 6.43. The second-order valence-corrected chi connectivity index (χ2v) is 8.72. The van der Waals surface area contributed by atoms with Crippen molar-refractivity contribution in [1.29, 1.82) is 0 Å². The number of amides is 2. The van der Waals surface area contributed by atoms with E-state index in [1.165, 1.54) is 0 Å². The maximum atomic E-state index is 13.2. The van der Waals surface area contributed by atoms with Gasteiger partial charge in [0.2, 0.25) is 5.91 Å². The highest BCUT2D eigenvalue weighted by Crippen LogP contribution is 2.38. The van der Waals surface area contributed by atoms with E-state index in [0.717, 1.165) is 38.0 Å². The summed E-state index contributed by atoms with van der Waals surface area (Å²) in [6, 6.07) is 1.99. The molecule has 1 saturated carbocycles. The van der Waals surface area contributed by atoms with Crippen LogP contribution in [0.5, 0.6) is 0 Å². The van der Waals surface area contributed by atoms with Crippen molar-refractivity contribution < 1.29 is 14.3 Å². The van der Waals surface area contributed by atoms with Gasteiger partial charge in [-0.3, -0.25) is 14.3 Å². The van der Waals surface area contributed by atoms with Gasteiger partial charge in [0.1, 0.15) is 5.69 Å². The van der Waals surface area contributed by atoms with Crippen LogP contribution in [0.3, 0.4) is 0 Å². The van der Waals surface area contributed by atoms with E-state index in [9.17, 15) is 9.59 Å². The van der Waals surface area contributed by atoms with Crippen molar-refractivity contribution in [2.45, 2.75) is 65.6 Å². The largest absolute Gasteiger partial charge is 0.379 e. The van der Waals surface area contributed by atoms with Crippen molar-refractivity contribution in [3.8, 4) is 0 Å². The van der Waals surface area contributed by atoms with Crippen LogP contribution in [0.4, 0.5) is 0 Å². The van der Waals surface area contributed by atoms with Gasteiger partial charge in [-0.2, -0.15) is 5.10 Å². The highest BCUT2D eigenvalue weighted by atomic mass is 16.5. The van der Waals surface area contributed by atoms with Crippen LogP contribution >= 0.6 is 0 Å². The van der Waals surface area contributed by atoms with Gasteiger partial charge >= 0.3 is 0 Å². The lowest BCUT2D eigenvalue weighted by atomic mass is 9.77. The molecule has 2 heterocycles. The van der Waals surface area contributed by atoms with Gasteiger partial charge in [0.25, 0.3) is 5.91 Å². The number of methoxy groups -OCH3 is 1. The number of hydrogen-bond acceptors (Lipinski definition) is 4. The number of ether oxygens (including phenoxy) is 1. The SMILES string of the molecule is CCn1nc(CC(C)C)cc1C(=O)N1C[C@H]2C[C@@H](NC(C)=O)[C@H](OC)C[C@H]2C1. The summed E-state index contributed by atoms with van der Waals surface area (Å²) < 4.78 is 7.47. The molecular weight excluding hydrogens is 356 g/mol. The Morgan fingerprint density at radius 3 is 2.54 bits per heavy atom. The molecule has 1 N–H and O–H groups in total. The first kappa shape index (κ1) is 20.8. The molecule has 1 saturated heterocycles. The molecule has 2 fully saturated rings. The lowest BCUT2D eigenvalue weighted by Gasteiger charge is -2.37. The topological polar surface area (TPSA) is 76.5 Å². The van der Waals surface area contributed by atoms with Gasteiger partial charge in [0, 0.05) is 33.7 Å². The van der Waals surface area contributed by atoms with Crippen LogP contribution in [0, 0.1) is 17.8 Å². The standard InChI is InChI=1S/C21H34N4O3/c1-6-25-19(10-17(23-25)7-13(2)3)21(27)24-11-15-8-18(22-14(4)26)20(28-5)9-16(15)12-24/h10,13,15-16,18,20H,6-9,11-12H2,1-5H3,(H,22,26)/t15-,16+,18-,20-/m1/s1. The third-order valence-electron chi connectivity index (χ3n) is 6.06. The van der Waals surface area contributed by atoms with E-state index >= 15 is 0 Å². The Morgan fingerprint density at radius 2 is 1.96 bits per heavy atom. The number of likely N-dealkylation sites (tertiary alicyclic amines) is 1. The van der Waals surface area contributed by atoms with Crippen molar-refractivity contribution in [3.05, 3.63) is 17.5 Å². The minimum absolute atomic E-state index is 0.0130. The summed E-state index contributed by atoms with van der Waals surface area (Å²) in [5, 5.41) is 7.65. The van der Waals surface area contributed by atoms with Gasteiger partial charge < -0.3 is 15.0 Å². The number of fused-ring (bicyclic) bond motifs is 1. The van der Waals surface area contributed by atoms with E-state index in [-0.39, 0.29) is 24.0 Å². The monoisotopic (exact) mass is 390 g/mol. The summed E-state index contributed by atoms with van der Waals surface area (Å²) in [5.41, 5.74) is 1.68. The summed E-state index contributed by atoms with van der Waals surface area (Å²) in [6.45, 7) is 10.1. The first-order valence-electron chi connectivity index (χ1n) is 10.5. The molecule has 0 unspecified atom stereocenters. The number of nitrogens with one attached hydrogen (secondary N) is 1. The minimum atomic E-state index is -0.0269. The van der Waals surface area contributed by atoms with Crippen LogP contribution in [0.1, 0.15) is 56.7 Å². The summed E-state index contributed by atoms with van der Waals surface area (Å²) in [4.78, 5) is 26.7. The highest BCUT2D eigenvalue weighted by molar-refractivity contribution is 5.93. The molecule has 0 spiro atoms. The number of hydrogen-bond donors (Lipinski definition) is 1. The number of carbonyl (C=O) groups is 2. The molecule has 7 heteroatoms. The zero-order chi connectivity index (χ0) is 20.4. The molecule has 0 bridgehead atoms. The van der Waals surface area contributed by atoms with Gasteiger partial charge in [-0.1, -0.05) is 13.8 Å². The molecule has 156 valence electrons. The van der Waals surface area contributed by atoms with Crippen LogP contribution < -0.4 is 5.32 Å². The molecule has 3 rings (SSSR count). The predicted octanol–water partition coefficient (Wildman–Crippen LogP) is 2.10. The van der Waals surface area contributed by atoms with Crippen molar-refractivity contribution in [2.75, 3.05) is 20.2 Å². The minimum Gasteiger partial charge on any atom is -0.379 e. The Hall–Kier alpha value is -1.89. The molecule has 0 radical (unpaired) electrons. The molecule has 7 nitrogen and oxygen atoms in total. The van der Waals surface area contributed by atoms with Gasteiger partial charge in [-0.05, 0) is 50.0 Å². The number of aromatic nitrogens is 2. The molecule has 1 aromatic rings. The number of aryl methyl sites for hydroxylation is 1. The van der Waals surface area contributed by atoms with Crippen LogP contribution in [0.15, 0.2) is 6.07 Å². The van der Waals surface area contributed by atoms with Crippen LogP contribution in [0.25, 0.3) is 0 Å². The van der Waals surface area contributed by atoms with Crippen molar-refractivity contribution in [1.82, 2.24) is 20.0 Å². The first-order chi connectivity index (χ1) is 13.3. The Balaban J connectivity index is 1.72. The second-order valence-electron chi connectivity index (χ2n) is 8.72. The normalized spacial score (nSPS) is 27.1. The lowest BCUT2D eigenvalue weighted by Crippen LogP contribution is -2.49. The van der Waals surface area contributed by atoms with Gasteiger partial charge in [0.15, 0.2) is 0 Å². The van der Waals surface area contributed by atoms with Gasteiger partial charge in [-0.15, -0.1) is 0 Å². The molecule has 4 atom stereocenters. The smallest absolute Gasteiger partial charge is 0.272 e. The third-order valence-corrected chi connectivity index (χ3v) is 6.06. The molecule has 28 heavy (non-hydrogen) atoms. The lowest BCUT2D eigenvalue weighted by molar-refractivity contribution is -0.121. The van der Waals surface area contributed by atoms with Crippen molar-refractivity contribution in [3.63, 3.8) is 0 Å². The number of rotatable bonds is 6. The van der Waals surface area contributed by atoms with Crippen LogP contribution in [-0.2, 0) is 22.5 Å². The first-order valence-corrected chi connectivity index (χ1v) is 10.5. The fourth-order valence-electron chi connectivity index (χ4n) is 4.82. The van der Waals surface area contributed by atoms with E-state index in [0.29, 0.717) is 30.0 Å². The van der Waals surface area contributed by atoms with E-state index in [2.05, 4.69) is 24.3 Å². The average Bonchev–Trinajstić information content (AvgIpc) is 3.22. The van der Waals surface area contributed by atoms with Crippen LogP contribution in [0.2, 0.25) is 0 Å². The number of carbonyl (C=O) groups excluding carboxylic acids is 2. The molecule has 1 aromatic heterocycles. The molecular formula is C21H34N4O3. The Labute approximate surface area is 167 Å². The summed E-state index contributed by atoms with van der Waals surface area (Å²) in [5.74, 6) is 1.38. The average molecular weight is 391 g/mol. The molecule has 0 aromatic carbocycles.